The number of rotatable bonds is 4. The summed E-state index contributed by atoms with van der Waals surface area (Å²) in [5, 5.41) is 7.46. The summed E-state index contributed by atoms with van der Waals surface area (Å²) >= 11 is 2.88. The first kappa shape index (κ1) is 14.2. The van der Waals surface area contributed by atoms with Crippen LogP contribution in [0.15, 0.2) is 16.6 Å². The van der Waals surface area contributed by atoms with Crippen LogP contribution < -0.4 is 0 Å². The molecule has 1 rings (SSSR count). The fourth-order valence-electron chi connectivity index (χ4n) is 1.08. The van der Waals surface area contributed by atoms with E-state index in [1.54, 1.807) is 0 Å². The summed E-state index contributed by atoms with van der Waals surface area (Å²) in [6.07, 6.45) is 0. The summed E-state index contributed by atoms with van der Waals surface area (Å²) in [6, 6.07) is 2.23. The lowest BCUT2D eigenvalue weighted by Gasteiger charge is -2.09. The van der Waals surface area contributed by atoms with Crippen LogP contribution in [0.25, 0.3) is 0 Å². The van der Waals surface area contributed by atoms with Gasteiger partial charge >= 0.3 is 5.97 Å². The minimum absolute atomic E-state index is 0.0499. The summed E-state index contributed by atoms with van der Waals surface area (Å²) in [4.78, 5) is 10.6. The molecule has 1 aromatic carbocycles. The molecule has 1 aromatic rings. The van der Waals surface area contributed by atoms with Crippen molar-refractivity contribution in [1.29, 1.82) is 0 Å². The first-order valence-corrected chi connectivity index (χ1v) is 6.74. The molecular formula is C10H9BrF2O3S. The van der Waals surface area contributed by atoms with E-state index in [-0.39, 0.29) is 10.0 Å². The van der Waals surface area contributed by atoms with Crippen LogP contribution in [-0.2, 0) is 21.3 Å². The Morgan fingerprint density at radius 3 is 2.65 bits per heavy atom. The molecule has 0 saturated heterocycles. The second kappa shape index (κ2) is 5.68. The first-order chi connectivity index (χ1) is 7.84. The highest BCUT2D eigenvalue weighted by atomic mass is 79.9. The van der Waals surface area contributed by atoms with Crippen LogP contribution in [0.4, 0.5) is 8.78 Å². The molecular weight excluding hydrogens is 318 g/mol. The van der Waals surface area contributed by atoms with Gasteiger partial charge in [0.15, 0.2) is 0 Å². The lowest BCUT2D eigenvalue weighted by atomic mass is 10.2. The minimum atomic E-state index is -1.88. The molecule has 0 bridgehead atoms. The van der Waals surface area contributed by atoms with Crippen LogP contribution in [0.1, 0.15) is 12.5 Å². The Morgan fingerprint density at radius 2 is 2.12 bits per heavy atom. The molecule has 0 heterocycles. The summed E-state index contributed by atoms with van der Waals surface area (Å²) < 4.78 is 38.4. The molecule has 0 aromatic heterocycles. The van der Waals surface area contributed by atoms with E-state index in [1.165, 1.54) is 13.0 Å². The van der Waals surface area contributed by atoms with Crippen LogP contribution in [-0.4, -0.2) is 20.5 Å². The summed E-state index contributed by atoms with van der Waals surface area (Å²) in [7, 11) is -1.88. The number of hydrogen-bond acceptors (Lipinski definition) is 2. The van der Waals surface area contributed by atoms with Gasteiger partial charge in [-0.3, -0.25) is 9.00 Å². The van der Waals surface area contributed by atoms with Gasteiger partial charge in [0.25, 0.3) is 0 Å². The Labute approximate surface area is 107 Å². The van der Waals surface area contributed by atoms with Gasteiger partial charge in [-0.15, -0.1) is 0 Å². The molecule has 0 aliphatic heterocycles. The van der Waals surface area contributed by atoms with E-state index in [4.69, 9.17) is 5.11 Å². The summed E-state index contributed by atoms with van der Waals surface area (Å²) in [6.45, 7) is 1.23. The van der Waals surface area contributed by atoms with E-state index in [0.717, 1.165) is 6.07 Å². The van der Waals surface area contributed by atoms with Gasteiger partial charge < -0.3 is 5.11 Å². The quantitative estimate of drug-likeness (QED) is 0.865. The Kier molecular flexibility index (Phi) is 4.76. The zero-order valence-electron chi connectivity index (χ0n) is 8.75. The van der Waals surface area contributed by atoms with Crippen molar-refractivity contribution in [2.75, 3.05) is 0 Å². The van der Waals surface area contributed by atoms with Crippen molar-refractivity contribution in [2.45, 2.75) is 17.9 Å². The van der Waals surface area contributed by atoms with Gasteiger partial charge in [-0.2, -0.15) is 0 Å². The van der Waals surface area contributed by atoms with Crippen molar-refractivity contribution in [3.8, 4) is 0 Å². The SMILES string of the molecule is CC(C(=O)O)S(=O)Cc1c(F)ccc(Br)c1F. The number of aliphatic carboxylic acids is 1. The number of carboxylic acids is 1. The topological polar surface area (TPSA) is 54.4 Å². The molecule has 0 aliphatic carbocycles. The maximum atomic E-state index is 13.5. The second-order valence-corrected chi connectivity index (χ2v) is 5.94. The van der Waals surface area contributed by atoms with Gasteiger partial charge in [-0.1, -0.05) is 0 Å². The van der Waals surface area contributed by atoms with E-state index in [0.29, 0.717) is 0 Å². The van der Waals surface area contributed by atoms with Gasteiger partial charge in [0, 0.05) is 16.4 Å². The predicted octanol–water partition coefficient (Wildman–Crippen LogP) is 2.45. The van der Waals surface area contributed by atoms with E-state index < -0.39 is 39.4 Å². The van der Waals surface area contributed by atoms with Crippen molar-refractivity contribution in [2.24, 2.45) is 0 Å². The molecule has 0 radical (unpaired) electrons. The van der Waals surface area contributed by atoms with Gasteiger partial charge in [-0.05, 0) is 35.0 Å². The molecule has 7 heteroatoms. The van der Waals surface area contributed by atoms with Gasteiger partial charge in [0.1, 0.15) is 16.9 Å². The zero-order valence-corrected chi connectivity index (χ0v) is 11.1. The smallest absolute Gasteiger partial charge is 0.318 e. The lowest BCUT2D eigenvalue weighted by Crippen LogP contribution is -2.23. The standard InChI is InChI=1S/C10H9BrF2O3S/c1-5(10(14)15)17(16)4-6-8(12)3-2-7(11)9(6)13/h2-3,5H,4H2,1H3,(H,14,15). The van der Waals surface area contributed by atoms with Crippen molar-refractivity contribution in [3.63, 3.8) is 0 Å². The third-order valence-corrected chi connectivity index (χ3v) is 4.34. The summed E-state index contributed by atoms with van der Waals surface area (Å²) in [5.41, 5.74) is -0.370. The van der Waals surface area contributed by atoms with Crippen molar-refractivity contribution >= 4 is 32.7 Å². The average molecular weight is 327 g/mol. The highest BCUT2D eigenvalue weighted by Crippen LogP contribution is 2.23. The normalized spacial score (nSPS) is 14.4. The number of hydrogen-bond donors (Lipinski definition) is 1. The fraction of sp³-hybridized carbons (Fsp3) is 0.300. The molecule has 2 atom stereocenters. The Hall–Kier alpha value is -0.820. The fourth-order valence-corrected chi connectivity index (χ4v) is 2.48. The monoisotopic (exact) mass is 326 g/mol. The van der Waals surface area contributed by atoms with Crippen LogP contribution in [0.3, 0.4) is 0 Å². The van der Waals surface area contributed by atoms with E-state index in [9.17, 15) is 17.8 Å². The maximum absolute atomic E-state index is 13.5. The number of carboxylic acid groups (broad SMARTS) is 1. The molecule has 0 spiro atoms. The molecule has 0 aliphatic rings. The van der Waals surface area contributed by atoms with Gasteiger partial charge in [0.05, 0.1) is 10.2 Å². The van der Waals surface area contributed by atoms with Crippen LogP contribution in [0, 0.1) is 11.6 Å². The molecule has 3 nitrogen and oxygen atoms in total. The average Bonchev–Trinajstić information content (AvgIpc) is 2.28. The molecule has 2 unspecified atom stereocenters. The van der Waals surface area contributed by atoms with E-state index >= 15 is 0 Å². The zero-order chi connectivity index (χ0) is 13.2. The highest BCUT2D eigenvalue weighted by Gasteiger charge is 2.22. The predicted molar refractivity (Wildman–Crippen MR) is 63.0 cm³/mol. The number of benzene rings is 1. The molecule has 0 saturated carbocycles. The molecule has 0 amide bonds. The van der Waals surface area contributed by atoms with E-state index in [1.807, 2.05) is 0 Å². The third-order valence-electron chi connectivity index (χ3n) is 2.17. The van der Waals surface area contributed by atoms with E-state index in [2.05, 4.69) is 15.9 Å². The summed E-state index contributed by atoms with van der Waals surface area (Å²) in [5.74, 6) is -3.42. The van der Waals surface area contributed by atoms with Crippen molar-refractivity contribution in [1.82, 2.24) is 0 Å². The number of halogens is 3. The Balaban J connectivity index is 3.00. The Morgan fingerprint density at radius 1 is 1.53 bits per heavy atom. The number of carbonyl (C=O) groups is 1. The van der Waals surface area contributed by atoms with Gasteiger partial charge in [-0.25, -0.2) is 8.78 Å². The second-order valence-electron chi connectivity index (χ2n) is 3.33. The Bertz CT molecular complexity index is 479. The third kappa shape index (κ3) is 3.32. The van der Waals surface area contributed by atoms with Crippen LogP contribution >= 0.6 is 15.9 Å². The largest absolute Gasteiger partial charge is 0.480 e. The van der Waals surface area contributed by atoms with Crippen molar-refractivity contribution in [3.05, 3.63) is 33.8 Å². The lowest BCUT2D eigenvalue weighted by molar-refractivity contribution is -0.136. The molecule has 1 N–H and O–H groups in total. The first-order valence-electron chi connectivity index (χ1n) is 4.57. The van der Waals surface area contributed by atoms with Crippen LogP contribution in [0.5, 0.6) is 0 Å². The maximum Gasteiger partial charge on any atom is 0.318 e. The van der Waals surface area contributed by atoms with Gasteiger partial charge in [0.2, 0.25) is 0 Å². The minimum Gasteiger partial charge on any atom is -0.480 e. The highest BCUT2D eigenvalue weighted by molar-refractivity contribution is 9.10. The molecule has 17 heavy (non-hydrogen) atoms. The van der Waals surface area contributed by atoms with Crippen molar-refractivity contribution < 1.29 is 22.9 Å². The molecule has 0 fully saturated rings. The van der Waals surface area contributed by atoms with Crippen LogP contribution in [0.2, 0.25) is 0 Å². The molecule has 94 valence electrons.